The third-order valence-electron chi connectivity index (χ3n) is 3.02. The average Bonchev–Trinajstić information content (AvgIpc) is 2.27. The van der Waals surface area contributed by atoms with E-state index >= 15 is 0 Å². The fourth-order valence-corrected chi connectivity index (χ4v) is 2.42. The van der Waals surface area contributed by atoms with Gasteiger partial charge in [-0.1, -0.05) is 43.7 Å². The van der Waals surface area contributed by atoms with Crippen LogP contribution >= 0.6 is 0 Å². The van der Waals surface area contributed by atoms with Gasteiger partial charge in [0.1, 0.15) is 0 Å². The van der Waals surface area contributed by atoms with Gasteiger partial charge in [0.15, 0.2) is 0 Å². The van der Waals surface area contributed by atoms with Crippen LogP contribution in [0.15, 0.2) is 42.0 Å². The predicted molar refractivity (Wildman–Crippen MR) is 76.2 cm³/mol. The fourth-order valence-electron chi connectivity index (χ4n) is 2.42. The maximum atomic E-state index is 10.2. The second kappa shape index (κ2) is 6.53. The van der Waals surface area contributed by atoms with E-state index in [2.05, 4.69) is 20.8 Å². The normalized spacial score (nSPS) is 20.8. The van der Waals surface area contributed by atoms with E-state index in [1.165, 1.54) is 5.57 Å². The highest BCUT2D eigenvalue weighted by atomic mass is 16.4. The summed E-state index contributed by atoms with van der Waals surface area (Å²) in [5, 5.41) is 17.7. The summed E-state index contributed by atoms with van der Waals surface area (Å²) in [6, 6.07) is 8.30. The lowest BCUT2D eigenvalue weighted by molar-refractivity contribution is 0.0697. The van der Waals surface area contributed by atoms with Gasteiger partial charge in [-0.05, 0) is 37.3 Å². The smallest absolute Gasteiger partial charge is 0.335 e. The first-order chi connectivity index (χ1) is 8.80. The minimum absolute atomic E-state index is 0.205. The molecule has 1 unspecified atom stereocenters. The molecule has 0 radical (unpaired) electrons. The van der Waals surface area contributed by atoms with Gasteiger partial charge >= 0.3 is 5.97 Å². The van der Waals surface area contributed by atoms with Crippen molar-refractivity contribution in [2.24, 2.45) is 5.41 Å². The molecule has 2 N–H and O–H groups in total. The monoisotopic (exact) mass is 262 g/mol. The van der Waals surface area contributed by atoms with Crippen molar-refractivity contribution in [3.63, 3.8) is 0 Å². The van der Waals surface area contributed by atoms with Crippen LogP contribution in [-0.4, -0.2) is 22.3 Å². The van der Waals surface area contributed by atoms with Crippen molar-refractivity contribution in [3.8, 4) is 0 Å². The summed E-state index contributed by atoms with van der Waals surface area (Å²) in [7, 11) is 0. The van der Waals surface area contributed by atoms with Gasteiger partial charge < -0.3 is 10.2 Å². The lowest BCUT2D eigenvalue weighted by atomic mass is 9.77. The fraction of sp³-hybridized carbons (Fsp3) is 0.438. The van der Waals surface area contributed by atoms with Gasteiger partial charge in [-0.3, -0.25) is 0 Å². The van der Waals surface area contributed by atoms with Crippen molar-refractivity contribution in [2.45, 2.75) is 39.7 Å². The number of hydrogen-bond donors (Lipinski definition) is 2. The van der Waals surface area contributed by atoms with Crippen molar-refractivity contribution >= 4 is 5.97 Å². The molecule has 1 atom stereocenters. The minimum Gasteiger partial charge on any atom is -0.478 e. The van der Waals surface area contributed by atoms with Crippen LogP contribution in [0.25, 0.3) is 0 Å². The number of benzene rings is 1. The van der Waals surface area contributed by atoms with Crippen molar-refractivity contribution in [3.05, 3.63) is 47.5 Å². The van der Waals surface area contributed by atoms with Crippen LogP contribution in [0.1, 0.15) is 44.0 Å². The highest BCUT2D eigenvalue weighted by Gasteiger charge is 2.25. The first-order valence-corrected chi connectivity index (χ1v) is 6.44. The zero-order valence-corrected chi connectivity index (χ0v) is 11.8. The molecule has 0 heterocycles. The molecule has 1 aromatic carbocycles. The molecule has 0 aliphatic heterocycles. The summed E-state index contributed by atoms with van der Waals surface area (Å²) >= 11 is 0. The van der Waals surface area contributed by atoms with Gasteiger partial charge in [0.25, 0.3) is 0 Å². The van der Waals surface area contributed by atoms with Gasteiger partial charge in [0, 0.05) is 0 Å². The Balaban J connectivity index is 0.000000191. The lowest BCUT2D eigenvalue weighted by Gasteiger charge is -2.31. The van der Waals surface area contributed by atoms with Crippen molar-refractivity contribution in [1.29, 1.82) is 0 Å². The number of aromatic carboxylic acids is 1. The third-order valence-corrected chi connectivity index (χ3v) is 3.02. The summed E-state index contributed by atoms with van der Waals surface area (Å²) in [4.78, 5) is 10.2. The number of rotatable bonds is 1. The summed E-state index contributed by atoms with van der Waals surface area (Å²) in [6.45, 7) is 6.49. The van der Waals surface area contributed by atoms with Crippen LogP contribution in [0.2, 0.25) is 0 Å². The number of hydrogen-bond acceptors (Lipinski definition) is 2. The zero-order valence-electron chi connectivity index (χ0n) is 11.8. The van der Waals surface area contributed by atoms with E-state index < -0.39 is 5.97 Å². The molecule has 1 aliphatic carbocycles. The second-order valence-electron chi connectivity index (χ2n) is 5.80. The van der Waals surface area contributed by atoms with E-state index in [0.717, 1.165) is 12.8 Å². The molecule has 1 aromatic rings. The average molecular weight is 262 g/mol. The first-order valence-electron chi connectivity index (χ1n) is 6.44. The molecule has 19 heavy (non-hydrogen) atoms. The molecular weight excluding hydrogens is 240 g/mol. The van der Waals surface area contributed by atoms with Crippen LogP contribution in [0, 0.1) is 5.41 Å². The molecule has 0 saturated carbocycles. The largest absolute Gasteiger partial charge is 0.478 e. The number of carbonyl (C=O) groups is 1. The van der Waals surface area contributed by atoms with Crippen molar-refractivity contribution in [1.82, 2.24) is 0 Å². The minimum atomic E-state index is -0.879. The third kappa shape index (κ3) is 5.71. The van der Waals surface area contributed by atoms with Gasteiger partial charge in [-0.2, -0.15) is 0 Å². The maximum absolute atomic E-state index is 10.2. The SMILES string of the molecule is CC1=CC(O)CC(C)(C)C1.O=C(O)c1ccccc1. The Morgan fingerprint density at radius 1 is 1.26 bits per heavy atom. The van der Waals surface area contributed by atoms with Gasteiger partial charge in [-0.25, -0.2) is 4.79 Å². The van der Waals surface area contributed by atoms with Gasteiger partial charge in [0.05, 0.1) is 11.7 Å². The van der Waals surface area contributed by atoms with Crippen molar-refractivity contribution < 1.29 is 15.0 Å². The lowest BCUT2D eigenvalue weighted by Crippen LogP contribution is -2.24. The Bertz CT molecular complexity index is 446. The number of aliphatic hydroxyl groups excluding tert-OH is 1. The number of allylic oxidation sites excluding steroid dienone is 1. The van der Waals surface area contributed by atoms with Crippen LogP contribution in [0.5, 0.6) is 0 Å². The van der Waals surface area contributed by atoms with Gasteiger partial charge in [-0.15, -0.1) is 0 Å². The Morgan fingerprint density at radius 2 is 1.84 bits per heavy atom. The van der Waals surface area contributed by atoms with Gasteiger partial charge in [0.2, 0.25) is 0 Å². The van der Waals surface area contributed by atoms with Crippen molar-refractivity contribution in [2.75, 3.05) is 0 Å². The zero-order chi connectivity index (χ0) is 14.5. The summed E-state index contributed by atoms with van der Waals surface area (Å²) in [6.07, 6.45) is 3.79. The van der Waals surface area contributed by atoms with E-state index in [-0.39, 0.29) is 6.10 Å². The molecule has 3 heteroatoms. The van der Waals surface area contributed by atoms with E-state index in [9.17, 15) is 9.90 Å². The number of carboxylic acid groups (broad SMARTS) is 1. The van der Waals surface area contributed by atoms with E-state index in [1.807, 2.05) is 6.08 Å². The highest BCUT2D eigenvalue weighted by Crippen LogP contribution is 2.34. The Labute approximate surface area is 114 Å². The summed E-state index contributed by atoms with van der Waals surface area (Å²) in [5.74, 6) is -0.879. The van der Waals surface area contributed by atoms with E-state index in [1.54, 1.807) is 30.3 Å². The van der Waals surface area contributed by atoms with Crippen LogP contribution in [-0.2, 0) is 0 Å². The predicted octanol–water partition coefficient (Wildman–Crippen LogP) is 3.50. The Kier molecular flexibility index (Phi) is 5.31. The molecular formula is C16H22O3. The summed E-state index contributed by atoms with van der Waals surface area (Å²) in [5.41, 5.74) is 1.96. The maximum Gasteiger partial charge on any atom is 0.335 e. The molecule has 0 spiro atoms. The molecule has 1 aliphatic rings. The summed E-state index contributed by atoms with van der Waals surface area (Å²) < 4.78 is 0. The topological polar surface area (TPSA) is 57.5 Å². The van der Waals surface area contributed by atoms with Crippen LogP contribution < -0.4 is 0 Å². The number of aliphatic hydroxyl groups is 1. The molecule has 104 valence electrons. The second-order valence-corrected chi connectivity index (χ2v) is 5.80. The molecule has 0 bridgehead atoms. The Hall–Kier alpha value is -1.61. The highest BCUT2D eigenvalue weighted by molar-refractivity contribution is 5.87. The molecule has 3 nitrogen and oxygen atoms in total. The molecule has 2 rings (SSSR count). The molecule has 0 amide bonds. The first kappa shape index (κ1) is 15.4. The van der Waals surface area contributed by atoms with E-state index in [4.69, 9.17) is 5.11 Å². The Morgan fingerprint density at radius 3 is 2.21 bits per heavy atom. The van der Waals surface area contributed by atoms with Crippen LogP contribution in [0.3, 0.4) is 0 Å². The molecule has 0 aromatic heterocycles. The quantitative estimate of drug-likeness (QED) is 0.762. The standard InChI is InChI=1S/C9H16O.C7H6O2/c1-7-4-8(10)6-9(2,3)5-7;8-7(9)6-4-2-1-3-5-6/h4,8,10H,5-6H2,1-3H3;1-5H,(H,8,9). The van der Waals surface area contributed by atoms with E-state index in [0.29, 0.717) is 11.0 Å². The molecule has 0 saturated heterocycles. The van der Waals surface area contributed by atoms with Crippen LogP contribution in [0.4, 0.5) is 0 Å². The number of carboxylic acids is 1. The molecule has 0 fully saturated rings.